The lowest BCUT2D eigenvalue weighted by Gasteiger charge is -2.11. The number of anilines is 3. The van der Waals surface area contributed by atoms with Crippen molar-refractivity contribution < 1.29 is 4.92 Å². The summed E-state index contributed by atoms with van der Waals surface area (Å²) in [5.74, 6) is 0.451. The van der Waals surface area contributed by atoms with Crippen molar-refractivity contribution in [1.29, 1.82) is 0 Å². The number of hydrogen-bond donors (Lipinski definition) is 2. The highest BCUT2D eigenvalue weighted by Crippen LogP contribution is 2.35. The maximum atomic E-state index is 11.1. The van der Waals surface area contributed by atoms with Gasteiger partial charge in [0.15, 0.2) is 0 Å². The number of rotatable bonds is 5. The molecule has 0 aliphatic heterocycles. The van der Waals surface area contributed by atoms with E-state index in [1.54, 1.807) is 0 Å². The summed E-state index contributed by atoms with van der Waals surface area (Å²) in [6.45, 7) is 2.51. The van der Waals surface area contributed by atoms with E-state index in [0.717, 1.165) is 8.95 Å². The summed E-state index contributed by atoms with van der Waals surface area (Å²) in [6, 6.07) is 5.49. The Morgan fingerprint density at radius 2 is 2.00 bits per heavy atom. The van der Waals surface area contributed by atoms with Crippen LogP contribution in [0.2, 0.25) is 0 Å². The first-order valence-corrected chi connectivity index (χ1v) is 7.58. The SMILES string of the molecule is CCNc1ncc([N+](=O)[O-])c(Nc2c(Br)cccc2Br)n1. The zero-order valence-corrected chi connectivity index (χ0v) is 14.1. The fraction of sp³-hybridized carbons (Fsp3) is 0.167. The van der Waals surface area contributed by atoms with Crippen LogP contribution in [-0.2, 0) is 0 Å². The van der Waals surface area contributed by atoms with Gasteiger partial charge in [-0.1, -0.05) is 6.07 Å². The molecular formula is C12H11Br2N5O2. The van der Waals surface area contributed by atoms with Gasteiger partial charge in [-0.25, -0.2) is 4.98 Å². The van der Waals surface area contributed by atoms with Crippen LogP contribution in [-0.4, -0.2) is 21.4 Å². The standard InChI is InChI=1S/C12H11Br2N5O2/c1-2-15-12-16-6-9(19(20)21)11(18-12)17-10-7(13)4-3-5-8(10)14/h3-6H,2H2,1H3,(H2,15,16,17,18). The van der Waals surface area contributed by atoms with Gasteiger partial charge >= 0.3 is 5.69 Å². The molecule has 2 aromatic rings. The van der Waals surface area contributed by atoms with Crippen LogP contribution in [0.25, 0.3) is 0 Å². The Morgan fingerprint density at radius 1 is 1.33 bits per heavy atom. The molecule has 0 saturated heterocycles. The van der Waals surface area contributed by atoms with Crippen LogP contribution in [0.15, 0.2) is 33.3 Å². The Balaban J connectivity index is 2.46. The molecule has 0 bridgehead atoms. The Kier molecular flexibility index (Phi) is 5.07. The molecule has 110 valence electrons. The first-order valence-electron chi connectivity index (χ1n) is 5.99. The molecule has 0 aliphatic carbocycles. The van der Waals surface area contributed by atoms with Crippen molar-refractivity contribution in [2.75, 3.05) is 17.2 Å². The summed E-state index contributed by atoms with van der Waals surface area (Å²) in [4.78, 5) is 18.6. The van der Waals surface area contributed by atoms with Gasteiger partial charge in [0, 0.05) is 15.5 Å². The molecular weight excluding hydrogens is 406 g/mol. The molecule has 1 aromatic carbocycles. The molecule has 0 fully saturated rings. The molecule has 1 aromatic heterocycles. The van der Waals surface area contributed by atoms with Crippen LogP contribution in [0.4, 0.5) is 23.1 Å². The monoisotopic (exact) mass is 415 g/mol. The summed E-state index contributed by atoms with van der Waals surface area (Å²) >= 11 is 6.79. The van der Waals surface area contributed by atoms with Crippen molar-refractivity contribution in [2.45, 2.75) is 6.92 Å². The maximum Gasteiger partial charge on any atom is 0.329 e. The molecule has 0 radical (unpaired) electrons. The smallest absolute Gasteiger partial charge is 0.329 e. The van der Waals surface area contributed by atoms with Crippen LogP contribution in [0, 0.1) is 10.1 Å². The Bertz CT molecular complexity index is 660. The lowest BCUT2D eigenvalue weighted by molar-refractivity contribution is -0.384. The van der Waals surface area contributed by atoms with Gasteiger partial charge in [-0.3, -0.25) is 10.1 Å². The number of aromatic nitrogens is 2. The van der Waals surface area contributed by atoms with E-state index < -0.39 is 4.92 Å². The molecule has 21 heavy (non-hydrogen) atoms. The van der Waals surface area contributed by atoms with Crippen molar-refractivity contribution in [2.24, 2.45) is 0 Å². The molecule has 2 rings (SSSR count). The predicted octanol–water partition coefficient (Wildman–Crippen LogP) is 4.09. The summed E-state index contributed by atoms with van der Waals surface area (Å²) in [5, 5.41) is 17.0. The number of benzene rings is 1. The Hall–Kier alpha value is -1.74. The second kappa shape index (κ2) is 6.81. The lowest BCUT2D eigenvalue weighted by atomic mass is 10.3. The van der Waals surface area contributed by atoms with E-state index in [0.29, 0.717) is 18.2 Å². The van der Waals surface area contributed by atoms with Crippen LogP contribution in [0.3, 0.4) is 0 Å². The highest BCUT2D eigenvalue weighted by Gasteiger charge is 2.19. The number of nitrogens with one attached hydrogen (secondary N) is 2. The van der Waals surface area contributed by atoms with Crippen molar-refractivity contribution in [3.63, 3.8) is 0 Å². The summed E-state index contributed by atoms with van der Waals surface area (Å²) < 4.78 is 1.52. The van der Waals surface area contributed by atoms with Gasteiger partial charge in [0.2, 0.25) is 11.8 Å². The third-order valence-electron chi connectivity index (χ3n) is 2.51. The zero-order valence-electron chi connectivity index (χ0n) is 10.9. The quantitative estimate of drug-likeness (QED) is 0.563. The minimum atomic E-state index is -0.525. The summed E-state index contributed by atoms with van der Waals surface area (Å²) in [6.07, 6.45) is 1.18. The van der Waals surface area contributed by atoms with Crippen LogP contribution >= 0.6 is 31.9 Å². The molecule has 0 unspecified atom stereocenters. The average Bonchev–Trinajstić information content (AvgIpc) is 2.43. The molecule has 0 amide bonds. The number of halogens is 2. The molecule has 0 spiro atoms. The minimum Gasteiger partial charge on any atom is -0.354 e. The zero-order chi connectivity index (χ0) is 15.4. The summed E-state index contributed by atoms with van der Waals surface area (Å²) in [5.41, 5.74) is 0.459. The molecule has 0 atom stereocenters. The Labute approximate surface area is 137 Å². The maximum absolute atomic E-state index is 11.1. The number of para-hydroxylation sites is 1. The third kappa shape index (κ3) is 3.67. The minimum absolute atomic E-state index is 0.124. The largest absolute Gasteiger partial charge is 0.354 e. The number of hydrogen-bond acceptors (Lipinski definition) is 6. The van der Waals surface area contributed by atoms with Gasteiger partial charge in [0.25, 0.3) is 0 Å². The predicted molar refractivity (Wildman–Crippen MR) is 88.0 cm³/mol. The first kappa shape index (κ1) is 15.6. The van der Waals surface area contributed by atoms with Gasteiger partial charge in [-0.05, 0) is 50.9 Å². The highest BCUT2D eigenvalue weighted by molar-refractivity contribution is 9.11. The van der Waals surface area contributed by atoms with Gasteiger partial charge in [0.1, 0.15) is 6.20 Å². The molecule has 7 nitrogen and oxygen atoms in total. The van der Waals surface area contributed by atoms with Gasteiger partial charge in [-0.2, -0.15) is 4.98 Å². The first-order chi connectivity index (χ1) is 10.0. The van der Waals surface area contributed by atoms with Crippen molar-refractivity contribution in [3.05, 3.63) is 43.5 Å². The molecule has 2 N–H and O–H groups in total. The van der Waals surface area contributed by atoms with Crippen molar-refractivity contribution in [1.82, 2.24) is 9.97 Å². The highest BCUT2D eigenvalue weighted by atomic mass is 79.9. The topological polar surface area (TPSA) is 93.0 Å². The average molecular weight is 417 g/mol. The van der Waals surface area contributed by atoms with E-state index in [9.17, 15) is 10.1 Å². The molecule has 9 heteroatoms. The Morgan fingerprint density at radius 3 is 2.57 bits per heavy atom. The fourth-order valence-electron chi connectivity index (χ4n) is 1.58. The van der Waals surface area contributed by atoms with Gasteiger partial charge < -0.3 is 10.6 Å². The van der Waals surface area contributed by atoms with E-state index in [2.05, 4.69) is 52.5 Å². The van der Waals surface area contributed by atoms with E-state index in [-0.39, 0.29) is 11.5 Å². The van der Waals surface area contributed by atoms with Crippen LogP contribution in [0.1, 0.15) is 6.92 Å². The van der Waals surface area contributed by atoms with E-state index in [1.165, 1.54) is 6.20 Å². The normalized spacial score (nSPS) is 10.2. The second-order valence-corrected chi connectivity index (χ2v) is 5.65. The number of nitrogens with zero attached hydrogens (tertiary/aromatic N) is 3. The molecule has 0 saturated carbocycles. The fourth-order valence-corrected chi connectivity index (χ4v) is 2.78. The van der Waals surface area contributed by atoms with E-state index >= 15 is 0 Å². The third-order valence-corrected chi connectivity index (χ3v) is 3.83. The molecule has 1 heterocycles. The van der Waals surface area contributed by atoms with Crippen LogP contribution < -0.4 is 10.6 Å². The molecule has 0 aliphatic rings. The van der Waals surface area contributed by atoms with Gasteiger partial charge in [-0.15, -0.1) is 0 Å². The van der Waals surface area contributed by atoms with E-state index in [4.69, 9.17) is 0 Å². The van der Waals surface area contributed by atoms with Crippen molar-refractivity contribution in [3.8, 4) is 0 Å². The second-order valence-electron chi connectivity index (χ2n) is 3.94. The number of nitro groups is 1. The lowest BCUT2D eigenvalue weighted by Crippen LogP contribution is -2.07. The van der Waals surface area contributed by atoms with Crippen molar-refractivity contribution >= 4 is 55.0 Å². The van der Waals surface area contributed by atoms with Gasteiger partial charge in [0.05, 0.1) is 10.6 Å². The summed E-state index contributed by atoms with van der Waals surface area (Å²) in [7, 11) is 0. The van der Waals surface area contributed by atoms with Crippen LogP contribution in [0.5, 0.6) is 0 Å². The van der Waals surface area contributed by atoms with E-state index in [1.807, 2.05) is 25.1 Å².